The molecule has 1 aliphatic rings. The van der Waals surface area contributed by atoms with Crippen molar-refractivity contribution in [3.05, 3.63) is 59.7 Å². The van der Waals surface area contributed by atoms with E-state index in [0.717, 1.165) is 54.7 Å². The fraction of sp³-hybridized carbons (Fsp3) is 0.409. The summed E-state index contributed by atoms with van der Waals surface area (Å²) < 4.78 is 10.9. The summed E-state index contributed by atoms with van der Waals surface area (Å²) in [6.07, 6.45) is 4.58. The topological polar surface area (TPSA) is 35.5 Å². The SMILES string of the molecule is COc1ccccc1CC1CCCC(Cc2ccccc2OC)C1=O. The number of methoxy groups -OCH3 is 2. The maximum Gasteiger partial charge on any atom is 0.139 e. The molecule has 1 saturated carbocycles. The number of ether oxygens (including phenoxy) is 2. The Bertz CT molecular complexity index is 663. The molecule has 0 bridgehead atoms. The van der Waals surface area contributed by atoms with E-state index < -0.39 is 0 Å². The molecule has 2 aromatic rings. The van der Waals surface area contributed by atoms with E-state index in [1.807, 2.05) is 36.4 Å². The molecule has 0 aliphatic heterocycles. The van der Waals surface area contributed by atoms with E-state index in [2.05, 4.69) is 12.1 Å². The van der Waals surface area contributed by atoms with Crippen LogP contribution in [0.4, 0.5) is 0 Å². The third kappa shape index (κ3) is 4.04. The molecule has 1 fully saturated rings. The van der Waals surface area contributed by atoms with Crippen LogP contribution in [0.5, 0.6) is 11.5 Å². The quantitative estimate of drug-likeness (QED) is 0.779. The monoisotopic (exact) mass is 338 g/mol. The molecular weight excluding hydrogens is 312 g/mol. The van der Waals surface area contributed by atoms with Gasteiger partial charge in [-0.25, -0.2) is 0 Å². The van der Waals surface area contributed by atoms with Gasteiger partial charge < -0.3 is 9.47 Å². The van der Waals surface area contributed by atoms with Crippen molar-refractivity contribution in [1.82, 2.24) is 0 Å². The molecule has 132 valence electrons. The minimum atomic E-state index is 0.0877. The van der Waals surface area contributed by atoms with Crippen molar-refractivity contribution in [2.75, 3.05) is 14.2 Å². The van der Waals surface area contributed by atoms with Crippen LogP contribution in [-0.2, 0) is 17.6 Å². The number of para-hydroxylation sites is 2. The maximum atomic E-state index is 13.1. The Labute approximate surface area is 150 Å². The lowest BCUT2D eigenvalue weighted by Crippen LogP contribution is -2.31. The van der Waals surface area contributed by atoms with Gasteiger partial charge in [-0.15, -0.1) is 0 Å². The van der Waals surface area contributed by atoms with Crippen molar-refractivity contribution in [3.8, 4) is 11.5 Å². The highest BCUT2D eigenvalue weighted by molar-refractivity contribution is 5.84. The second-order valence-corrected chi connectivity index (χ2v) is 6.76. The van der Waals surface area contributed by atoms with Crippen molar-refractivity contribution in [3.63, 3.8) is 0 Å². The summed E-state index contributed by atoms with van der Waals surface area (Å²) in [5.41, 5.74) is 2.25. The van der Waals surface area contributed by atoms with Crippen LogP contribution in [-0.4, -0.2) is 20.0 Å². The zero-order valence-corrected chi connectivity index (χ0v) is 15.0. The molecule has 25 heavy (non-hydrogen) atoms. The lowest BCUT2D eigenvalue weighted by atomic mass is 9.75. The van der Waals surface area contributed by atoms with Crippen LogP contribution >= 0.6 is 0 Å². The highest BCUT2D eigenvalue weighted by Crippen LogP contribution is 2.34. The first kappa shape index (κ1) is 17.5. The van der Waals surface area contributed by atoms with Gasteiger partial charge in [0, 0.05) is 11.8 Å². The van der Waals surface area contributed by atoms with Crippen LogP contribution in [0.25, 0.3) is 0 Å². The van der Waals surface area contributed by atoms with Crippen molar-refractivity contribution < 1.29 is 14.3 Å². The van der Waals surface area contributed by atoms with Crippen molar-refractivity contribution in [2.45, 2.75) is 32.1 Å². The summed E-state index contributed by atoms with van der Waals surface area (Å²) in [6, 6.07) is 16.0. The van der Waals surface area contributed by atoms with Crippen LogP contribution in [0, 0.1) is 11.8 Å². The standard InChI is InChI=1S/C22H26O3/c1-24-20-12-5-3-8-16(20)14-18-10-7-11-19(22(18)23)15-17-9-4-6-13-21(17)25-2/h3-6,8-9,12-13,18-19H,7,10-11,14-15H2,1-2H3. The molecule has 3 rings (SSSR count). The Kier molecular flexibility index (Phi) is 5.75. The summed E-state index contributed by atoms with van der Waals surface area (Å²) in [7, 11) is 3.37. The zero-order chi connectivity index (χ0) is 17.6. The molecule has 0 spiro atoms. The number of Topliss-reactive ketones (excluding diaryl/α,β-unsaturated/α-hetero) is 1. The number of rotatable bonds is 6. The molecular formula is C22H26O3. The fourth-order valence-corrected chi connectivity index (χ4v) is 3.91. The van der Waals surface area contributed by atoms with Gasteiger partial charge in [-0.2, -0.15) is 0 Å². The first-order chi connectivity index (χ1) is 12.2. The van der Waals surface area contributed by atoms with E-state index in [1.165, 1.54) is 0 Å². The molecule has 2 aromatic carbocycles. The van der Waals surface area contributed by atoms with Crippen LogP contribution in [0.2, 0.25) is 0 Å². The summed E-state index contributed by atoms with van der Waals surface area (Å²) in [5.74, 6) is 2.32. The summed E-state index contributed by atoms with van der Waals surface area (Å²) in [6.45, 7) is 0. The van der Waals surface area contributed by atoms with Crippen molar-refractivity contribution in [1.29, 1.82) is 0 Å². The molecule has 3 heteroatoms. The van der Waals surface area contributed by atoms with E-state index in [4.69, 9.17) is 9.47 Å². The van der Waals surface area contributed by atoms with E-state index in [1.54, 1.807) is 14.2 Å². The first-order valence-corrected chi connectivity index (χ1v) is 9.00. The van der Waals surface area contributed by atoms with E-state index in [-0.39, 0.29) is 11.8 Å². The van der Waals surface area contributed by atoms with Gasteiger partial charge in [-0.3, -0.25) is 4.79 Å². The molecule has 0 heterocycles. The molecule has 0 N–H and O–H groups in total. The molecule has 2 unspecified atom stereocenters. The third-order valence-electron chi connectivity index (χ3n) is 5.23. The van der Waals surface area contributed by atoms with Gasteiger partial charge in [0.25, 0.3) is 0 Å². The van der Waals surface area contributed by atoms with Crippen LogP contribution in [0.1, 0.15) is 30.4 Å². The fourth-order valence-electron chi connectivity index (χ4n) is 3.91. The second kappa shape index (κ2) is 8.19. The highest BCUT2D eigenvalue weighted by Gasteiger charge is 2.32. The Hall–Kier alpha value is -2.29. The number of hydrogen-bond acceptors (Lipinski definition) is 3. The number of benzene rings is 2. The van der Waals surface area contributed by atoms with Crippen molar-refractivity contribution >= 4 is 5.78 Å². The predicted molar refractivity (Wildman–Crippen MR) is 99.2 cm³/mol. The van der Waals surface area contributed by atoms with E-state index in [0.29, 0.717) is 5.78 Å². The molecule has 0 amide bonds. The summed E-state index contributed by atoms with van der Waals surface area (Å²) in [5, 5.41) is 0. The number of ketones is 1. The zero-order valence-electron chi connectivity index (χ0n) is 15.0. The van der Waals surface area contributed by atoms with E-state index in [9.17, 15) is 4.79 Å². The smallest absolute Gasteiger partial charge is 0.139 e. The maximum absolute atomic E-state index is 13.1. The van der Waals surface area contributed by atoms with Gasteiger partial charge in [-0.1, -0.05) is 42.8 Å². The van der Waals surface area contributed by atoms with Crippen LogP contribution in [0.3, 0.4) is 0 Å². The molecule has 2 atom stereocenters. The van der Waals surface area contributed by atoms with Gasteiger partial charge in [-0.05, 0) is 48.9 Å². The summed E-state index contributed by atoms with van der Waals surface area (Å²) in [4.78, 5) is 13.1. The average Bonchev–Trinajstić information content (AvgIpc) is 2.66. The van der Waals surface area contributed by atoms with Gasteiger partial charge in [0.1, 0.15) is 17.3 Å². The number of hydrogen-bond donors (Lipinski definition) is 0. The van der Waals surface area contributed by atoms with Crippen molar-refractivity contribution in [2.24, 2.45) is 11.8 Å². The minimum Gasteiger partial charge on any atom is -0.496 e. The normalized spacial score (nSPS) is 20.3. The first-order valence-electron chi connectivity index (χ1n) is 9.00. The molecule has 3 nitrogen and oxygen atoms in total. The lowest BCUT2D eigenvalue weighted by Gasteiger charge is -2.28. The van der Waals surface area contributed by atoms with Gasteiger partial charge in [0.05, 0.1) is 14.2 Å². The Morgan fingerprint density at radius 2 is 1.24 bits per heavy atom. The largest absolute Gasteiger partial charge is 0.496 e. The van der Waals surface area contributed by atoms with Crippen LogP contribution in [0.15, 0.2) is 48.5 Å². The third-order valence-corrected chi connectivity index (χ3v) is 5.23. The summed E-state index contributed by atoms with van der Waals surface area (Å²) >= 11 is 0. The lowest BCUT2D eigenvalue weighted by molar-refractivity contribution is -0.129. The minimum absolute atomic E-state index is 0.0877. The average molecular weight is 338 g/mol. The van der Waals surface area contributed by atoms with Gasteiger partial charge in [0.2, 0.25) is 0 Å². The molecule has 0 aromatic heterocycles. The van der Waals surface area contributed by atoms with E-state index >= 15 is 0 Å². The molecule has 1 aliphatic carbocycles. The Balaban J connectivity index is 1.72. The van der Waals surface area contributed by atoms with Gasteiger partial charge in [0.15, 0.2) is 0 Å². The molecule has 0 saturated heterocycles. The molecule has 0 radical (unpaired) electrons. The predicted octanol–water partition coefficient (Wildman–Crippen LogP) is 4.47. The van der Waals surface area contributed by atoms with Crippen LogP contribution < -0.4 is 9.47 Å². The second-order valence-electron chi connectivity index (χ2n) is 6.76. The Morgan fingerprint density at radius 1 is 0.800 bits per heavy atom. The Morgan fingerprint density at radius 3 is 1.68 bits per heavy atom. The number of carbonyl (C=O) groups excluding carboxylic acids is 1. The number of carbonyl (C=O) groups is 1. The van der Waals surface area contributed by atoms with Gasteiger partial charge >= 0.3 is 0 Å². The highest BCUT2D eigenvalue weighted by atomic mass is 16.5.